The average molecular weight is 277 g/mol. The van der Waals surface area contributed by atoms with Gasteiger partial charge in [0.15, 0.2) is 6.61 Å². The van der Waals surface area contributed by atoms with Crippen LogP contribution in [0.2, 0.25) is 0 Å². The number of nitrogens with zero attached hydrogens (tertiary/aromatic N) is 1. The fourth-order valence-corrected chi connectivity index (χ4v) is 2.67. The Morgan fingerprint density at radius 2 is 2.25 bits per heavy atom. The van der Waals surface area contributed by atoms with Crippen LogP contribution in [-0.4, -0.2) is 42.2 Å². The summed E-state index contributed by atoms with van der Waals surface area (Å²) in [4.78, 5) is 13.9. The molecule has 4 heteroatoms. The Bertz CT molecular complexity index is 473. The third-order valence-electron chi connectivity index (χ3n) is 3.86. The molecule has 1 unspecified atom stereocenters. The normalized spacial score (nSPS) is 18.4. The van der Waals surface area contributed by atoms with Crippen molar-refractivity contribution in [2.45, 2.75) is 26.7 Å². The maximum Gasteiger partial charge on any atom is 0.260 e. The molecule has 1 saturated heterocycles. The van der Waals surface area contributed by atoms with Gasteiger partial charge in [-0.25, -0.2) is 0 Å². The predicted molar refractivity (Wildman–Crippen MR) is 77.8 cm³/mol. The second-order valence-corrected chi connectivity index (χ2v) is 5.56. The third kappa shape index (κ3) is 3.73. The molecule has 0 aromatic heterocycles. The number of benzene rings is 1. The van der Waals surface area contributed by atoms with E-state index in [4.69, 9.17) is 9.84 Å². The molecule has 1 fully saturated rings. The highest BCUT2D eigenvalue weighted by atomic mass is 16.5. The van der Waals surface area contributed by atoms with Gasteiger partial charge in [-0.2, -0.15) is 0 Å². The Hall–Kier alpha value is -1.55. The molecule has 1 aromatic rings. The largest absolute Gasteiger partial charge is 0.484 e. The lowest BCUT2D eigenvalue weighted by molar-refractivity contribution is -0.132. The summed E-state index contributed by atoms with van der Waals surface area (Å²) in [5.41, 5.74) is 2.24. The van der Waals surface area contributed by atoms with Crippen molar-refractivity contribution in [3.05, 3.63) is 29.3 Å². The molecular weight excluding hydrogens is 254 g/mol. The van der Waals surface area contributed by atoms with Gasteiger partial charge in [-0.15, -0.1) is 0 Å². The number of aliphatic hydroxyl groups is 1. The molecule has 2 rings (SSSR count). The molecule has 1 N–H and O–H groups in total. The van der Waals surface area contributed by atoms with Gasteiger partial charge < -0.3 is 14.7 Å². The van der Waals surface area contributed by atoms with Crippen LogP contribution in [-0.2, 0) is 4.79 Å². The van der Waals surface area contributed by atoms with Gasteiger partial charge in [-0.05, 0) is 44.2 Å². The monoisotopic (exact) mass is 277 g/mol. The molecule has 1 aliphatic rings. The highest BCUT2D eigenvalue weighted by molar-refractivity contribution is 5.78. The maximum atomic E-state index is 12.1. The summed E-state index contributed by atoms with van der Waals surface area (Å²) in [6, 6.07) is 5.95. The van der Waals surface area contributed by atoms with Crippen LogP contribution < -0.4 is 4.74 Å². The number of likely N-dealkylation sites (tertiary alicyclic amines) is 1. The van der Waals surface area contributed by atoms with E-state index in [-0.39, 0.29) is 19.1 Å². The quantitative estimate of drug-likeness (QED) is 0.894. The van der Waals surface area contributed by atoms with Gasteiger partial charge in [0.2, 0.25) is 0 Å². The van der Waals surface area contributed by atoms with Crippen LogP contribution in [0.3, 0.4) is 0 Å². The van der Waals surface area contributed by atoms with Crippen LogP contribution >= 0.6 is 0 Å². The SMILES string of the molecule is Cc1ccc(OCC(=O)N2CCC(CCO)C2)c(C)c1. The number of ether oxygens (including phenoxy) is 1. The van der Waals surface area contributed by atoms with Gasteiger partial charge in [0.1, 0.15) is 5.75 Å². The highest BCUT2D eigenvalue weighted by Gasteiger charge is 2.25. The fraction of sp³-hybridized carbons (Fsp3) is 0.562. The van der Waals surface area contributed by atoms with Crippen molar-refractivity contribution >= 4 is 5.91 Å². The molecular formula is C16H23NO3. The first kappa shape index (κ1) is 14.9. The molecule has 1 heterocycles. The maximum absolute atomic E-state index is 12.1. The molecule has 1 atom stereocenters. The Labute approximate surface area is 120 Å². The molecule has 110 valence electrons. The lowest BCUT2D eigenvalue weighted by Gasteiger charge is -2.17. The first-order valence-corrected chi connectivity index (χ1v) is 7.19. The number of carbonyl (C=O) groups excluding carboxylic acids is 1. The lowest BCUT2D eigenvalue weighted by Crippen LogP contribution is -2.33. The van der Waals surface area contributed by atoms with Gasteiger partial charge in [0.25, 0.3) is 5.91 Å². The average Bonchev–Trinajstić information content (AvgIpc) is 2.86. The van der Waals surface area contributed by atoms with Crippen molar-refractivity contribution in [1.29, 1.82) is 0 Å². The predicted octanol–water partition coefficient (Wildman–Crippen LogP) is 1.91. The lowest BCUT2D eigenvalue weighted by atomic mass is 10.1. The van der Waals surface area contributed by atoms with Gasteiger partial charge in [-0.1, -0.05) is 17.7 Å². The molecule has 0 spiro atoms. The summed E-state index contributed by atoms with van der Waals surface area (Å²) in [5, 5.41) is 8.93. The first-order chi connectivity index (χ1) is 9.60. The van der Waals surface area contributed by atoms with E-state index < -0.39 is 0 Å². The van der Waals surface area contributed by atoms with Crippen LogP contribution in [0, 0.1) is 19.8 Å². The van der Waals surface area contributed by atoms with Crippen molar-refractivity contribution in [3.8, 4) is 5.75 Å². The standard InChI is InChI=1S/C16H23NO3/c1-12-3-4-15(13(2)9-12)20-11-16(19)17-7-5-14(10-17)6-8-18/h3-4,9,14,18H,5-8,10-11H2,1-2H3. The van der Waals surface area contributed by atoms with Crippen LogP contribution in [0.4, 0.5) is 0 Å². The third-order valence-corrected chi connectivity index (χ3v) is 3.86. The summed E-state index contributed by atoms with van der Waals surface area (Å²) >= 11 is 0. The van der Waals surface area contributed by atoms with Crippen molar-refractivity contribution in [1.82, 2.24) is 4.90 Å². The van der Waals surface area contributed by atoms with Gasteiger partial charge in [0, 0.05) is 19.7 Å². The van der Waals surface area contributed by atoms with E-state index in [1.165, 1.54) is 5.56 Å². The summed E-state index contributed by atoms with van der Waals surface area (Å²) in [6.45, 7) is 5.84. The van der Waals surface area contributed by atoms with E-state index >= 15 is 0 Å². The summed E-state index contributed by atoms with van der Waals surface area (Å²) in [7, 11) is 0. The molecule has 20 heavy (non-hydrogen) atoms. The van der Waals surface area contributed by atoms with Crippen molar-refractivity contribution < 1.29 is 14.6 Å². The zero-order chi connectivity index (χ0) is 14.5. The highest BCUT2D eigenvalue weighted by Crippen LogP contribution is 2.21. The minimum atomic E-state index is 0.0328. The molecule has 1 aromatic carbocycles. The first-order valence-electron chi connectivity index (χ1n) is 7.19. The van der Waals surface area contributed by atoms with E-state index in [2.05, 4.69) is 0 Å². The number of aryl methyl sites for hydroxylation is 2. The molecule has 0 aliphatic carbocycles. The Morgan fingerprint density at radius 1 is 1.45 bits per heavy atom. The van der Waals surface area contributed by atoms with E-state index in [9.17, 15) is 4.79 Å². The van der Waals surface area contributed by atoms with Crippen molar-refractivity contribution in [2.24, 2.45) is 5.92 Å². The van der Waals surface area contributed by atoms with Gasteiger partial charge in [0.05, 0.1) is 0 Å². The van der Waals surface area contributed by atoms with E-state index in [0.29, 0.717) is 5.92 Å². The zero-order valence-corrected chi connectivity index (χ0v) is 12.3. The Morgan fingerprint density at radius 3 is 2.95 bits per heavy atom. The number of hydrogen-bond acceptors (Lipinski definition) is 3. The number of hydrogen-bond donors (Lipinski definition) is 1. The van der Waals surface area contributed by atoms with Gasteiger partial charge >= 0.3 is 0 Å². The van der Waals surface area contributed by atoms with Crippen LogP contribution in [0.1, 0.15) is 24.0 Å². The topological polar surface area (TPSA) is 49.8 Å². The second-order valence-electron chi connectivity index (χ2n) is 5.56. The summed E-state index contributed by atoms with van der Waals surface area (Å²) in [5.74, 6) is 1.24. The fourth-order valence-electron chi connectivity index (χ4n) is 2.67. The minimum absolute atomic E-state index is 0.0328. The number of aliphatic hydroxyl groups excluding tert-OH is 1. The van der Waals surface area contributed by atoms with Crippen LogP contribution in [0.5, 0.6) is 5.75 Å². The smallest absolute Gasteiger partial charge is 0.260 e. The molecule has 1 aliphatic heterocycles. The molecule has 1 amide bonds. The molecule has 0 radical (unpaired) electrons. The second kappa shape index (κ2) is 6.75. The van der Waals surface area contributed by atoms with Gasteiger partial charge in [-0.3, -0.25) is 4.79 Å². The number of carbonyl (C=O) groups is 1. The number of rotatable bonds is 5. The Balaban J connectivity index is 1.83. The number of amides is 1. The Kier molecular flexibility index (Phi) is 5.01. The zero-order valence-electron chi connectivity index (χ0n) is 12.3. The van der Waals surface area contributed by atoms with E-state index in [1.54, 1.807) is 0 Å². The molecule has 0 bridgehead atoms. The van der Waals surface area contributed by atoms with Crippen LogP contribution in [0.25, 0.3) is 0 Å². The molecule has 4 nitrogen and oxygen atoms in total. The summed E-state index contributed by atoms with van der Waals surface area (Å²) in [6.07, 6.45) is 1.76. The van der Waals surface area contributed by atoms with Crippen molar-refractivity contribution in [2.75, 3.05) is 26.3 Å². The van der Waals surface area contributed by atoms with Crippen LogP contribution in [0.15, 0.2) is 18.2 Å². The van der Waals surface area contributed by atoms with E-state index in [1.807, 2.05) is 36.9 Å². The van der Waals surface area contributed by atoms with E-state index in [0.717, 1.165) is 37.2 Å². The summed E-state index contributed by atoms with van der Waals surface area (Å²) < 4.78 is 5.62. The molecule has 0 saturated carbocycles. The van der Waals surface area contributed by atoms with Crippen molar-refractivity contribution in [3.63, 3.8) is 0 Å². The minimum Gasteiger partial charge on any atom is -0.484 e.